The molecule has 0 aliphatic heterocycles. The number of aliphatic hydroxyl groups is 1. The fourth-order valence-corrected chi connectivity index (χ4v) is 2.50. The van der Waals surface area contributed by atoms with E-state index >= 15 is 0 Å². The number of aryl methyl sites for hydroxylation is 1. The second kappa shape index (κ2) is 4.92. The molecule has 4 nitrogen and oxygen atoms in total. The summed E-state index contributed by atoms with van der Waals surface area (Å²) in [6.07, 6.45) is 2.34. The van der Waals surface area contributed by atoms with E-state index in [-0.39, 0.29) is 18.6 Å². The number of hydrogen-bond donors (Lipinski definition) is 1. The van der Waals surface area contributed by atoms with Crippen LogP contribution in [0, 0.1) is 6.92 Å². The van der Waals surface area contributed by atoms with Crippen LogP contribution in [0.2, 0.25) is 0 Å². The van der Waals surface area contributed by atoms with Crippen LogP contribution in [-0.2, 0) is 22.5 Å². The number of rotatable bonds is 3. The number of fused-ring (bicyclic) bond motifs is 1. The molecule has 0 amide bonds. The van der Waals surface area contributed by atoms with Crippen molar-refractivity contribution in [2.45, 2.75) is 45.8 Å². The van der Waals surface area contributed by atoms with Crippen LogP contribution in [0.5, 0.6) is 0 Å². The number of carbonyl (C=O) groups is 1. The Morgan fingerprint density at radius 3 is 3.12 bits per heavy atom. The topological polar surface area (TPSA) is 51.5 Å². The second-order valence-electron chi connectivity index (χ2n) is 4.49. The lowest BCUT2D eigenvalue weighted by Crippen LogP contribution is -2.18. The van der Waals surface area contributed by atoms with Crippen LogP contribution >= 0.6 is 0 Å². The molecular formula is C13H19NO3. The average Bonchev–Trinajstić information content (AvgIpc) is 2.58. The summed E-state index contributed by atoms with van der Waals surface area (Å²) >= 11 is 0. The standard InChI is InChI=1S/C13H19NO3/c1-3-17-13(16)8-14-9(2)7-10-11(14)5-4-6-12(10)15/h7,12,15H,3-6,8H2,1-2H3. The maximum Gasteiger partial charge on any atom is 0.325 e. The van der Waals surface area contributed by atoms with E-state index in [4.69, 9.17) is 4.74 Å². The molecule has 1 N–H and O–H groups in total. The summed E-state index contributed by atoms with van der Waals surface area (Å²) in [5.74, 6) is -0.214. The summed E-state index contributed by atoms with van der Waals surface area (Å²) in [6.45, 7) is 4.43. The highest BCUT2D eigenvalue weighted by atomic mass is 16.5. The minimum atomic E-state index is -0.374. The number of ether oxygens (including phenoxy) is 1. The van der Waals surface area contributed by atoms with E-state index < -0.39 is 0 Å². The molecule has 94 valence electrons. The zero-order valence-corrected chi connectivity index (χ0v) is 10.4. The van der Waals surface area contributed by atoms with Gasteiger partial charge in [0.05, 0.1) is 12.7 Å². The first kappa shape index (κ1) is 12.2. The summed E-state index contributed by atoms with van der Waals surface area (Å²) in [6, 6.07) is 1.98. The minimum Gasteiger partial charge on any atom is -0.465 e. The number of carbonyl (C=O) groups excluding carboxylic acids is 1. The lowest BCUT2D eigenvalue weighted by atomic mass is 9.95. The van der Waals surface area contributed by atoms with Crippen LogP contribution in [0.25, 0.3) is 0 Å². The smallest absolute Gasteiger partial charge is 0.325 e. The Balaban J connectivity index is 2.25. The van der Waals surface area contributed by atoms with Crippen molar-refractivity contribution >= 4 is 5.97 Å². The van der Waals surface area contributed by atoms with Crippen LogP contribution in [0.4, 0.5) is 0 Å². The van der Waals surface area contributed by atoms with Gasteiger partial charge in [0, 0.05) is 17.0 Å². The van der Waals surface area contributed by atoms with Gasteiger partial charge in [-0.3, -0.25) is 4.79 Å². The van der Waals surface area contributed by atoms with Gasteiger partial charge in [-0.2, -0.15) is 0 Å². The molecule has 1 aliphatic carbocycles. The van der Waals surface area contributed by atoms with E-state index in [0.29, 0.717) is 6.61 Å². The van der Waals surface area contributed by atoms with Crippen molar-refractivity contribution in [1.29, 1.82) is 0 Å². The summed E-state index contributed by atoms with van der Waals surface area (Å²) in [5, 5.41) is 9.91. The van der Waals surface area contributed by atoms with Crippen molar-refractivity contribution in [1.82, 2.24) is 4.57 Å². The normalized spacial score (nSPS) is 18.9. The van der Waals surface area contributed by atoms with Gasteiger partial charge < -0.3 is 14.4 Å². The maximum absolute atomic E-state index is 11.5. The first-order chi connectivity index (χ1) is 8.13. The van der Waals surface area contributed by atoms with E-state index in [9.17, 15) is 9.90 Å². The predicted molar refractivity (Wildman–Crippen MR) is 63.7 cm³/mol. The predicted octanol–water partition coefficient (Wildman–Crippen LogP) is 1.73. The Morgan fingerprint density at radius 2 is 2.41 bits per heavy atom. The molecule has 1 atom stereocenters. The monoisotopic (exact) mass is 237 g/mol. The SMILES string of the molecule is CCOC(=O)Cn1c(C)cc2c1CCCC2O. The lowest BCUT2D eigenvalue weighted by molar-refractivity contribution is -0.143. The highest BCUT2D eigenvalue weighted by Gasteiger charge is 2.23. The Morgan fingerprint density at radius 1 is 1.65 bits per heavy atom. The Kier molecular flexibility index (Phi) is 3.52. The minimum absolute atomic E-state index is 0.214. The van der Waals surface area contributed by atoms with Crippen LogP contribution in [-0.4, -0.2) is 22.2 Å². The van der Waals surface area contributed by atoms with Gasteiger partial charge in [0.2, 0.25) is 0 Å². The maximum atomic E-state index is 11.5. The molecule has 0 saturated heterocycles. The summed E-state index contributed by atoms with van der Waals surface area (Å²) in [5.41, 5.74) is 3.09. The molecule has 1 aromatic rings. The molecule has 1 unspecified atom stereocenters. The number of aliphatic hydroxyl groups excluding tert-OH is 1. The summed E-state index contributed by atoms with van der Waals surface area (Å²) in [4.78, 5) is 11.5. The van der Waals surface area contributed by atoms with Gasteiger partial charge in [0.15, 0.2) is 0 Å². The fourth-order valence-electron chi connectivity index (χ4n) is 2.50. The lowest BCUT2D eigenvalue weighted by Gasteiger charge is -2.20. The molecule has 2 rings (SSSR count). The first-order valence-corrected chi connectivity index (χ1v) is 6.16. The van der Waals surface area contributed by atoms with Gasteiger partial charge in [-0.1, -0.05) is 0 Å². The third kappa shape index (κ3) is 2.36. The number of nitrogens with zero attached hydrogens (tertiary/aromatic N) is 1. The van der Waals surface area contributed by atoms with Crippen LogP contribution in [0.3, 0.4) is 0 Å². The van der Waals surface area contributed by atoms with Crippen molar-refractivity contribution in [3.8, 4) is 0 Å². The average molecular weight is 237 g/mol. The van der Waals surface area contributed by atoms with Crippen LogP contribution < -0.4 is 0 Å². The van der Waals surface area contributed by atoms with E-state index in [0.717, 1.165) is 36.2 Å². The van der Waals surface area contributed by atoms with E-state index in [2.05, 4.69) is 0 Å². The van der Waals surface area contributed by atoms with Gasteiger partial charge in [-0.25, -0.2) is 0 Å². The number of aromatic nitrogens is 1. The molecule has 17 heavy (non-hydrogen) atoms. The molecule has 0 aromatic carbocycles. The first-order valence-electron chi connectivity index (χ1n) is 6.16. The Hall–Kier alpha value is -1.29. The van der Waals surface area contributed by atoms with Gasteiger partial charge >= 0.3 is 5.97 Å². The highest BCUT2D eigenvalue weighted by Crippen LogP contribution is 2.32. The summed E-state index contributed by atoms with van der Waals surface area (Å²) in [7, 11) is 0. The molecule has 0 fully saturated rings. The van der Waals surface area contributed by atoms with Gasteiger partial charge in [-0.15, -0.1) is 0 Å². The van der Waals surface area contributed by atoms with E-state index in [1.165, 1.54) is 0 Å². The van der Waals surface area contributed by atoms with Crippen LogP contribution in [0.15, 0.2) is 6.07 Å². The largest absolute Gasteiger partial charge is 0.465 e. The Labute approximate surface area is 101 Å². The molecule has 0 radical (unpaired) electrons. The van der Waals surface area contributed by atoms with Crippen LogP contribution in [0.1, 0.15) is 42.8 Å². The van der Waals surface area contributed by atoms with Gasteiger partial charge in [0.25, 0.3) is 0 Å². The molecule has 0 spiro atoms. The summed E-state index contributed by atoms with van der Waals surface area (Å²) < 4.78 is 6.93. The second-order valence-corrected chi connectivity index (χ2v) is 4.49. The zero-order valence-electron chi connectivity index (χ0n) is 10.4. The quantitative estimate of drug-likeness (QED) is 0.814. The molecule has 4 heteroatoms. The molecule has 0 saturated carbocycles. The number of hydrogen-bond acceptors (Lipinski definition) is 3. The zero-order chi connectivity index (χ0) is 12.4. The van der Waals surface area contributed by atoms with Crippen molar-refractivity contribution in [2.75, 3.05) is 6.61 Å². The highest BCUT2D eigenvalue weighted by molar-refractivity contribution is 5.69. The van der Waals surface area contributed by atoms with Crippen molar-refractivity contribution < 1.29 is 14.6 Å². The third-order valence-corrected chi connectivity index (χ3v) is 3.29. The third-order valence-electron chi connectivity index (χ3n) is 3.29. The van der Waals surface area contributed by atoms with Crippen molar-refractivity contribution in [2.24, 2.45) is 0 Å². The van der Waals surface area contributed by atoms with Crippen molar-refractivity contribution in [3.63, 3.8) is 0 Å². The van der Waals surface area contributed by atoms with Gasteiger partial charge in [-0.05, 0) is 39.2 Å². The van der Waals surface area contributed by atoms with Gasteiger partial charge in [0.1, 0.15) is 6.54 Å². The number of esters is 1. The molecular weight excluding hydrogens is 218 g/mol. The fraction of sp³-hybridized carbons (Fsp3) is 0.615. The van der Waals surface area contributed by atoms with E-state index in [1.807, 2.05) is 17.6 Å². The molecule has 0 bridgehead atoms. The van der Waals surface area contributed by atoms with E-state index in [1.54, 1.807) is 6.92 Å². The molecule has 1 aromatic heterocycles. The Bertz CT molecular complexity index is 423. The molecule has 1 heterocycles. The molecule has 1 aliphatic rings. The van der Waals surface area contributed by atoms with Crippen molar-refractivity contribution in [3.05, 3.63) is 23.0 Å².